The van der Waals surface area contributed by atoms with Crippen LogP contribution in [0.25, 0.3) is 0 Å². The second-order valence-corrected chi connectivity index (χ2v) is 9.26. The number of ether oxygens (including phenoxy) is 2. The molecule has 2 aromatic rings. The van der Waals surface area contributed by atoms with Crippen molar-refractivity contribution in [3.05, 3.63) is 47.8 Å². The topological polar surface area (TPSA) is 37.8 Å². The lowest BCUT2D eigenvalue weighted by atomic mass is 10.0. The van der Waals surface area contributed by atoms with Crippen molar-refractivity contribution in [3.63, 3.8) is 0 Å². The zero-order chi connectivity index (χ0) is 21.3. The highest BCUT2D eigenvalue weighted by Crippen LogP contribution is 2.38. The molecule has 2 aliphatic rings. The quantitative estimate of drug-likeness (QED) is 0.708. The molecule has 4 rings (SSSR count). The number of benzene rings is 1. The van der Waals surface area contributed by atoms with Crippen LogP contribution in [0.3, 0.4) is 0 Å². The van der Waals surface area contributed by atoms with Gasteiger partial charge in [-0.2, -0.15) is 4.98 Å². The predicted octanol–water partition coefficient (Wildman–Crippen LogP) is 4.96. The van der Waals surface area contributed by atoms with Gasteiger partial charge in [-0.15, -0.1) is 0 Å². The van der Waals surface area contributed by atoms with Crippen molar-refractivity contribution in [2.75, 3.05) is 36.1 Å². The number of hydrogen-bond acceptors (Lipinski definition) is 5. The van der Waals surface area contributed by atoms with Gasteiger partial charge in [0.2, 0.25) is 5.88 Å². The van der Waals surface area contributed by atoms with Crippen LogP contribution < -0.4 is 14.5 Å². The molecule has 0 N–H and O–H groups in total. The maximum atomic E-state index is 13.9. The number of nitrogens with zero attached hydrogens (tertiary/aromatic N) is 3. The summed E-state index contributed by atoms with van der Waals surface area (Å²) in [5.74, 6) is 1.32. The lowest BCUT2D eigenvalue weighted by Gasteiger charge is -2.36. The van der Waals surface area contributed by atoms with Crippen LogP contribution in [0.1, 0.15) is 52.1 Å². The molecule has 30 heavy (non-hydrogen) atoms. The van der Waals surface area contributed by atoms with Gasteiger partial charge < -0.3 is 19.3 Å². The van der Waals surface area contributed by atoms with Gasteiger partial charge in [-0.3, -0.25) is 0 Å². The van der Waals surface area contributed by atoms with E-state index in [4.69, 9.17) is 14.5 Å². The number of pyridine rings is 1. The fraction of sp³-hybridized carbons (Fsp3) is 0.542. The minimum Gasteiger partial charge on any atom is -0.472 e. The highest BCUT2D eigenvalue weighted by atomic mass is 19.1. The van der Waals surface area contributed by atoms with Crippen LogP contribution in [-0.4, -0.2) is 42.9 Å². The SMILES string of the molecule is CC1COCCN1c1cc(OC(C)(C)C)nc(N2CCCC2c2cccc(F)c2)c1. The van der Waals surface area contributed by atoms with E-state index in [0.717, 1.165) is 43.0 Å². The molecular formula is C24H32FN3O2. The van der Waals surface area contributed by atoms with E-state index in [0.29, 0.717) is 19.1 Å². The Balaban J connectivity index is 1.72. The smallest absolute Gasteiger partial charge is 0.217 e. The molecule has 0 bridgehead atoms. The van der Waals surface area contributed by atoms with Crippen LogP contribution in [0.5, 0.6) is 5.88 Å². The molecule has 0 aliphatic carbocycles. The first kappa shape index (κ1) is 20.9. The molecule has 0 spiro atoms. The Labute approximate surface area is 178 Å². The molecule has 2 unspecified atom stereocenters. The van der Waals surface area contributed by atoms with Crippen LogP contribution in [0.15, 0.2) is 36.4 Å². The zero-order valence-electron chi connectivity index (χ0n) is 18.4. The molecular weight excluding hydrogens is 381 g/mol. The van der Waals surface area contributed by atoms with Gasteiger partial charge >= 0.3 is 0 Å². The summed E-state index contributed by atoms with van der Waals surface area (Å²) in [6, 6.07) is 11.5. The average Bonchev–Trinajstić information content (AvgIpc) is 3.17. The van der Waals surface area contributed by atoms with Crippen LogP contribution in [0, 0.1) is 5.82 Å². The zero-order valence-corrected chi connectivity index (χ0v) is 18.4. The van der Waals surface area contributed by atoms with Crippen molar-refractivity contribution in [1.82, 2.24) is 4.98 Å². The Bertz CT molecular complexity index is 883. The molecule has 6 heteroatoms. The third-order valence-corrected chi connectivity index (χ3v) is 5.66. The lowest BCUT2D eigenvalue weighted by molar-refractivity contribution is 0.0986. The molecule has 2 atom stereocenters. The standard InChI is InChI=1S/C24H32FN3O2/c1-17-16-29-12-11-27(17)20-14-22(26-23(15-20)30-24(2,3)4)28-10-6-9-21(28)18-7-5-8-19(25)13-18/h5,7-8,13-15,17,21H,6,9-12,16H2,1-4H3. The van der Waals surface area contributed by atoms with Crippen LogP contribution in [0.4, 0.5) is 15.9 Å². The molecule has 5 nitrogen and oxygen atoms in total. The minimum absolute atomic E-state index is 0.119. The normalized spacial score (nSPS) is 22.4. The van der Waals surface area contributed by atoms with Gasteiger partial charge in [-0.1, -0.05) is 12.1 Å². The van der Waals surface area contributed by atoms with Gasteiger partial charge in [0.05, 0.1) is 19.3 Å². The Morgan fingerprint density at radius 3 is 2.70 bits per heavy atom. The summed E-state index contributed by atoms with van der Waals surface area (Å²) < 4.78 is 25.7. The van der Waals surface area contributed by atoms with Crippen molar-refractivity contribution >= 4 is 11.5 Å². The fourth-order valence-electron chi connectivity index (χ4n) is 4.37. The minimum atomic E-state index is -0.341. The van der Waals surface area contributed by atoms with E-state index in [9.17, 15) is 4.39 Å². The third-order valence-electron chi connectivity index (χ3n) is 5.66. The Morgan fingerprint density at radius 1 is 1.13 bits per heavy atom. The molecule has 0 amide bonds. The number of hydrogen-bond donors (Lipinski definition) is 0. The molecule has 0 saturated carbocycles. The Hall–Kier alpha value is -2.34. The van der Waals surface area contributed by atoms with Crippen molar-refractivity contribution in [3.8, 4) is 5.88 Å². The number of halogens is 1. The first-order valence-electron chi connectivity index (χ1n) is 10.9. The summed E-state index contributed by atoms with van der Waals surface area (Å²) in [6.45, 7) is 11.4. The van der Waals surface area contributed by atoms with Crippen molar-refractivity contribution in [2.24, 2.45) is 0 Å². The second kappa shape index (κ2) is 8.42. The van der Waals surface area contributed by atoms with Crippen LogP contribution >= 0.6 is 0 Å². The molecule has 162 valence electrons. The van der Waals surface area contributed by atoms with Gasteiger partial charge in [-0.05, 0) is 58.2 Å². The van der Waals surface area contributed by atoms with E-state index in [1.165, 1.54) is 6.07 Å². The van der Waals surface area contributed by atoms with E-state index >= 15 is 0 Å². The van der Waals surface area contributed by atoms with Crippen molar-refractivity contribution < 1.29 is 13.9 Å². The third kappa shape index (κ3) is 4.69. The lowest BCUT2D eigenvalue weighted by Crippen LogP contribution is -2.43. The molecule has 2 fully saturated rings. The van der Waals surface area contributed by atoms with Crippen molar-refractivity contribution in [1.29, 1.82) is 0 Å². The van der Waals surface area contributed by atoms with Gasteiger partial charge in [0.25, 0.3) is 0 Å². The number of aromatic nitrogens is 1. The van der Waals surface area contributed by atoms with E-state index in [2.05, 4.69) is 22.8 Å². The summed E-state index contributed by atoms with van der Waals surface area (Å²) in [7, 11) is 0. The summed E-state index contributed by atoms with van der Waals surface area (Å²) >= 11 is 0. The predicted molar refractivity (Wildman–Crippen MR) is 118 cm³/mol. The fourth-order valence-corrected chi connectivity index (χ4v) is 4.37. The van der Waals surface area contributed by atoms with Gasteiger partial charge in [0.15, 0.2) is 0 Å². The van der Waals surface area contributed by atoms with Gasteiger partial charge in [0.1, 0.15) is 17.2 Å². The Kier molecular flexibility index (Phi) is 5.87. The molecule has 3 heterocycles. The average molecular weight is 414 g/mol. The maximum absolute atomic E-state index is 13.9. The first-order valence-corrected chi connectivity index (χ1v) is 10.9. The largest absolute Gasteiger partial charge is 0.472 e. The highest BCUT2D eigenvalue weighted by Gasteiger charge is 2.30. The van der Waals surface area contributed by atoms with E-state index in [1.807, 2.05) is 32.9 Å². The first-order chi connectivity index (χ1) is 14.3. The number of morpholine rings is 1. The second-order valence-electron chi connectivity index (χ2n) is 9.26. The molecule has 0 radical (unpaired) electrons. The summed E-state index contributed by atoms with van der Waals surface area (Å²) in [6.07, 6.45) is 2.04. The van der Waals surface area contributed by atoms with Gasteiger partial charge in [-0.25, -0.2) is 4.39 Å². The van der Waals surface area contributed by atoms with Crippen LogP contribution in [0.2, 0.25) is 0 Å². The highest BCUT2D eigenvalue weighted by molar-refractivity contribution is 5.60. The molecule has 1 aromatic carbocycles. The summed E-state index contributed by atoms with van der Waals surface area (Å²) in [4.78, 5) is 9.52. The van der Waals surface area contributed by atoms with E-state index in [-0.39, 0.29) is 23.5 Å². The summed E-state index contributed by atoms with van der Waals surface area (Å²) in [5, 5.41) is 0. The monoisotopic (exact) mass is 413 g/mol. The van der Waals surface area contributed by atoms with E-state index < -0.39 is 0 Å². The van der Waals surface area contributed by atoms with E-state index in [1.54, 1.807) is 12.1 Å². The molecule has 2 aliphatic heterocycles. The number of anilines is 2. The summed E-state index contributed by atoms with van der Waals surface area (Å²) in [5.41, 5.74) is 1.75. The maximum Gasteiger partial charge on any atom is 0.217 e. The van der Waals surface area contributed by atoms with Crippen LogP contribution in [-0.2, 0) is 4.74 Å². The van der Waals surface area contributed by atoms with Crippen molar-refractivity contribution in [2.45, 2.75) is 58.2 Å². The molecule has 2 saturated heterocycles. The Morgan fingerprint density at radius 2 is 1.97 bits per heavy atom. The molecule has 1 aromatic heterocycles. The number of rotatable bonds is 4. The van der Waals surface area contributed by atoms with Gasteiger partial charge in [0, 0.05) is 37.0 Å².